The maximum absolute atomic E-state index is 8.03. The Balaban J connectivity index is -0.0000000383. The van der Waals surface area contributed by atoms with E-state index in [4.69, 9.17) is 63.1 Å². The molecule has 12 nitrogen and oxygen atoms in total. The van der Waals surface area contributed by atoms with Gasteiger partial charge in [-0.05, 0) is 0 Å². The molecule has 0 atom stereocenters. The van der Waals surface area contributed by atoms with Crippen LogP contribution < -0.4 is 0 Å². The third-order valence-corrected chi connectivity index (χ3v) is 5.02. The molecule has 0 amide bonds. The molecule has 0 aromatic heterocycles. The predicted octanol–water partition coefficient (Wildman–Crippen LogP) is 2.02. The van der Waals surface area contributed by atoms with Crippen molar-refractivity contribution in [2.75, 3.05) is 0 Å². The second-order valence-electron chi connectivity index (χ2n) is 5.32. The van der Waals surface area contributed by atoms with Crippen LogP contribution in [-0.2, 0) is 286 Å². The Morgan fingerprint density at radius 3 is 0.241 bits per heavy atom. The van der Waals surface area contributed by atoms with Gasteiger partial charge in [-0.1, -0.05) is 0 Å². The maximum Gasteiger partial charge on any atom is 0.107 e. The zero-order valence-corrected chi connectivity index (χ0v) is 42.8. The van der Waals surface area contributed by atoms with Gasteiger partial charge in [0.15, 0.2) is 0 Å². The van der Waals surface area contributed by atoms with Gasteiger partial charge < -0.3 is 177 Å². The molecule has 0 heterocycles. The molecule has 0 aliphatic carbocycles. The van der Waals surface area contributed by atoms with Crippen LogP contribution in [-0.4, -0.2) is 0 Å². The van der Waals surface area contributed by atoms with Crippen molar-refractivity contribution in [1.29, 1.82) is 63.1 Å². The second kappa shape index (κ2) is 61.6. The normalized spacial score (nSPS) is 5.56. The molecule has 0 spiro atoms. The molecule has 30 heteroatoms. The number of hydrogen-bond donors (Lipinski definition) is 0. The second-order valence-corrected chi connectivity index (χ2v) is 11.8. The van der Waals surface area contributed by atoms with E-state index >= 15 is 0 Å². The third kappa shape index (κ3) is 58.1. The van der Waals surface area contributed by atoms with Gasteiger partial charge in [0.05, 0.1) is 33.4 Å². The summed E-state index contributed by atoms with van der Waals surface area (Å²) < 4.78 is -0.361. The van der Waals surface area contributed by atoms with E-state index in [9.17, 15) is 0 Å². The first-order chi connectivity index (χ1) is 22.3. The van der Waals surface area contributed by atoms with Crippen molar-refractivity contribution >= 4 is 152 Å². The summed E-state index contributed by atoms with van der Waals surface area (Å²) in [4.78, 5) is 0. The fourth-order valence-corrected chi connectivity index (χ4v) is 1.79. The van der Waals surface area contributed by atoms with E-state index in [1.807, 2.05) is 0 Å². The monoisotopic (exact) mass is 1480 g/mol. The smallest absolute Gasteiger partial charge is 0.107 e. The Hall–Kier alpha value is -0.598. The molecule has 6 radical (unpaired) electrons. The van der Waals surface area contributed by atoms with Crippen LogP contribution in [0.1, 0.15) is 0 Å². The van der Waals surface area contributed by atoms with Crippen LogP contribution in [0, 0.1) is 136 Å². The topological polar surface area (TPSA) is 285 Å². The van der Waals surface area contributed by atoms with Crippen LogP contribution in [0.15, 0.2) is 58.9 Å². The van der Waals surface area contributed by atoms with E-state index in [2.05, 4.69) is 152 Å². The zero-order chi connectivity index (χ0) is 39.4. The van der Waals surface area contributed by atoms with E-state index in [1.54, 1.807) is 72.8 Å². The van der Waals surface area contributed by atoms with Crippen molar-refractivity contribution in [3.05, 3.63) is 58.9 Å². The number of allylic oxidation sites excluding steroid dienone is 6. The van der Waals surface area contributed by atoms with Gasteiger partial charge in [-0.25, -0.2) is 0 Å². The predicted molar refractivity (Wildman–Crippen MR) is 198 cm³/mol. The van der Waals surface area contributed by atoms with Gasteiger partial charge in [-0.3, -0.25) is 0 Å². The summed E-state index contributed by atoms with van der Waals surface area (Å²) in [7, 11) is 0. The van der Waals surface area contributed by atoms with Gasteiger partial charge in [0, 0.05) is 134 Å². The first kappa shape index (κ1) is 85.5. The number of nitriles is 12. The first-order valence-corrected chi connectivity index (χ1v) is 14.5. The van der Waals surface area contributed by atoms with Crippen LogP contribution in [0.3, 0.4) is 0 Å². The summed E-state index contributed by atoms with van der Waals surface area (Å²) in [5.41, 5.74) is -0.944. The number of nitrogens with zero attached hydrogens (tertiary/aromatic N) is 12. The van der Waals surface area contributed by atoms with Gasteiger partial charge in [0.2, 0.25) is 0 Å². The van der Waals surface area contributed by atoms with Crippen LogP contribution in [0.5, 0.6) is 0 Å². The molecule has 0 rings (SSSR count). The molecule has 0 N–H and O–H groups in total. The van der Waals surface area contributed by atoms with Gasteiger partial charge in [0.1, 0.15) is 72.8 Å². The standard InChI is InChI=1S/6C4H2N2S2.6Ag/c6*5-1-3(2-6)4(7)8;;;;;;/h6*7-8H;;;;;;/p-12. The Kier molecular flexibility index (Phi) is 97.6. The summed E-state index contributed by atoms with van der Waals surface area (Å²) >= 11 is 52.2. The fraction of sp³-hybridized carbons (Fsp3) is 0. The average molecular weight is 1490 g/mol. The average Bonchev–Trinajstić information content (AvgIpc) is 3.01. The fourth-order valence-electron chi connectivity index (χ4n) is 0.698. The minimum absolute atomic E-state index is 0. The molecule has 0 fully saturated rings. The summed E-state index contributed by atoms with van der Waals surface area (Å²) in [5, 5.41) is 96.4. The molecule has 0 saturated carbocycles. The first-order valence-electron chi connectivity index (χ1n) is 9.63. The van der Waals surface area contributed by atoms with E-state index < -0.39 is 0 Å². The van der Waals surface area contributed by atoms with Crippen LogP contribution >= 0.6 is 0 Å². The maximum atomic E-state index is 8.03. The molecule has 0 bridgehead atoms. The van der Waals surface area contributed by atoms with Gasteiger partial charge in [0.25, 0.3) is 0 Å². The minimum Gasteiger partial charge on any atom is -0.805 e. The van der Waals surface area contributed by atoms with Gasteiger partial charge >= 0.3 is 0 Å². The Morgan fingerprint density at radius 1 is 0.185 bits per heavy atom. The molecule has 306 valence electrons. The third-order valence-electron chi connectivity index (χ3n) is 2.57. The Bertz CT molecular complexity index is 1420. The van der Waals surface area contributed by atoms with Crippen LogP contribution in [0.4, 0.5) is 0 Å². The van der Waals surface area contributed by atoms with Gasteiger partial charge in [-0.2, -0.15) is 63.1 Å². The van der Waals surface area contributed by atoms with Crippen LogP contribution in [0.2, 0.25) is 0 Å². The number of hydrogen-bond acceptors (Lipinski definition) is 24. The van der Waals surface area contributed by atoms with E-state index in [0.29, 0.717) is 0 Å². The SMILES string of the molecule is N#CC(C#N)=C([S-])[S-].N#CC(C#N)=C([S-])[S-].N#CC(C#N)=C([S-])[S-].N#CC(C#N)=C([S-])[S-].N#CC(C#N)=C([S-])[S-].N#CC(C#N)=C([S-])[S-].[Ag].[Ag].[Ag].[Ag].[Ag].[Ag]. The van der Waals surface area contributed by atoms with Crippen molar-refractivity contribution in [2.45, 2.75) is 0 Å². The van der Waals surface area contributed by atoms with Crippen LogP contribution in [0.25, 0.3) is 0 Å². The van der Waals surface area contributed by atoms with E-state index in [0.717, 1.165) is 0 Å². The molecular formula is C24Ag6N12S12-12. The summed E-state index contributed by atoms with van der Waals surface area (Å²) in [6, 6.07) is 18.7. The molecule has 0 aliphatic rings. The number of rotatable bonds is 0. The summed E-state index contributed by atoms with van der Waals surface area (Å²) in [6.07, 6.45) is 0. The van der Waals surface area contributed by atoms with Crippen molar-refractivity contribution in [3.8, 4) is 72.8 Å². The van der Waals surface area contributed by atoms with Crippen molar-refractivity contribution in [1.82, 2.24) is 0 Å². The largest absolute Gasteiger partial charge is 0.805 e. The Morgan fingerprint density at radius 2 is 0.241 bits per heavy atom. The zero-order valence-electron chi connectivity index (χ0n) is 24.1. The summed E-state index contributed by atoms with van der Waals surface area (Å²) in [5.74, 6) is 0. The van der Waals surface area contributed by atoms with Crippen molar-refractivity contribution < 1.29 is 134 Å². The molecule has 0 aromatic carbocycles. The minimum atomic E-state index is -0.157. The molecule has 54 heavy (non-hydrogen) atoms. The van der Waals surface area contributed by atoms with E-state index in [1.165, 1.54) is 0 Å². The Labute approximate surface area is 472 Å². The van der Waals surface area contributed by atoms with E-state index in [-0.39, 0.29) is 193 Å². The molecule has 0 aliphatic heterocycles. The van der Waals surface area contributed by atoms with Gasteiger partial charge in [-0.15, -0.1) is 0 Å². The molecular weight excluding hydrogens is 1490 g/mol. The summed E-state index contributed by atoms with van der Waals surface area (Å²) in [6.45, 7) is 0. The molecule has 0 saturated heterocycles. The molecule has 0 unspecified atom stereocenters. The molecule has 0 aromatic rings. The van der Waals surface area contributed by atoms with Crippen molar-refractivity contribution in [3.63, 3.8) is 0 Å². The quantitative estimate of drug-likeness (QED) is 0.190. The van der Waals surface area contributed by atoms with Crippen molar-refractivity contribution in [2.24, 2.45) is 0 Å².